The van der Waals surface area contributed by atoms with E-state index in [9.17, 15) is 0 Å². The van der Waals surface area contributed by atoms with E-state index in [1.165, 1.54) is 0 Å². The number of nitrogens with zero attached hydrogens (tertiary/aromatic N) is 1. The zero-order valence-electron chi connectivity index (χ0n) is 6.50. The van der Waals surface area contributed by atoms with Gasteiger partial charge in [0.15, 0.2) is 0 Å². The van der Waals surface area contributed by atoms with Crippen molar-refractivity contribution < 1.29 is 4.42 Å². The molecule has 2 aromatic rings. The smallest absolute Gasteiger partial charge is 0.264 e. The summed E-state index contributed by atoms with van der Waals surface area (Å²) in [4.78, 5) is 4.57. The van der Waals surface area contributed by atoms with Gasteiger partial charge in [-0.25, -0.2) is 4.98 Å². The van der Waals surface area contributed by atoms with Gasteiger partial charge in [-0.1, -0.05) is 29.8 Å². The lowest BCUT2D eigenvalue weighted by Gasteiger charge is -1.96. The lowest BCUT2D eigenvalue weighted by Crippen LogP contribution is -1.77. The molecule has 1 aromatic heterocycles. The Bertz CT molecular complexity index is 427. The number of halogens is 2. The van der Waals surface area contributed by atoms with Gasteiger partial charge in [-0.05, 0) is 6.07 Å². The second-order valence-electron chi connectivity index (χ2n) is 2.47. The molecule has 0 atom stereocenters. The minimum Gasteiger partial charge on any atom is -0.439 e. The maximum atomic E-state index is 5.97. The van der Waals surface area contributed by atoms with Gasteiger partial charge in [-0.3, -0.25) is 0 Å². The summed E-state index contributed by atoms with van der Waals surface area (Å²) in [5.74, 6) is 0. The Kier molecular flexibility index (Phi) is 2.38. The van der Waals surface area contributed by atoms with Gasteiger partial charge in [0.1, 0.15) is 12.0 Å². The standard InChI is InChI=1S/C9H5BrClNO/c10-9-12-8(5-13-9)6-3-1-2-4-7(6)11/h1-5H. The first-order valence-electron chi connectivity index (χ1n) is 3.63. The van der Waals surface area contributed by atoms with Crippen molar-refractivity contribution in [1.82, 2.24) is 4.98 Å². The second-order valence-corrected chi connectivity index (χ2v) is 3.55. The van der Waals surface area contributed by atoms with Crippen molar-refractivity contribution in [3.05, 3.63) is 40.4 Å². The molecule has 0 spiro atoms. The maximum absolute atomic E-state index is 5.97. The predicted octanol–water partition coefficient (Wildman–Crippen LogP) is 3.76. The van der Waals surface area contributed by atoms with Crippen LogP contribution in [0.15, 0.2) is 39.7 Å². The summed E-state index contributed by atoms with van der Waals surface area (Å²) >= 11 is 9.10. The van der Waals surface area contributed by atoms with Crippen LogP contribution in [0.2, 0.25) is 5.02 Å². The van der Waals surface area contributed by atoms with Gasteiger partial charge < -0.3 is 4.42 Å². The third kappa shape index (κ3) is 1.76. The van der Waals surface area contributed by atoms with Crippen molar-refractivity contribution >= 4 is 27.5 Å². The Balaban J connectivity index is 2.52. The molecule has 0 saturated heterocycles. The van der Waals surface area contributed by atoms with Crippen LogP contribution in [-0.4, -0.2) is 4.98 Å². The zero-order valence-corrected chi connectivity index (χ0v) is 8.84. The van der Waals surface area contributed by atoms with Crippen molar-refractivity contribution in [3.8, 4) is 11.3 Å². The average Bonchev–Trinajstić information content (AvgIpc) is 2.53. The summed E-state index contributed by atoms with van der Waals surface area (Å²) in [6.07, 6.45) is 1.56. The molecule has 4 heteroatoms. The highest BCUT2D eigenvalue weighted by molar-refractivity contribution is 9.10. The summed E-state index contributed by atoms with van der Waals surface area (Å²) in [7, 11) is 0. The lowest BCUT2D eigenvalue weighted by atomic mass is 10.2. The summed E-state index contributed by atoms with van der Waals surface area (Å²) in [5, 5.41) is 0.670. The van der Waals surface area contributed by atoms with E-state index in [-0.39, 0.29) is 0 Å². The third-order valence-electron chi connectivity index (χ3n) is 1.63. The predicted molar refractivity (Wildman–Crippen MR) is 54.6 cm³/mol. The largest absolute Gasteiger partial charge is 0.439 e. The van der Waals surface area contributed by atoms with E-state index in [4.69, 9.17) is 16.0 Å². The van der Waals surface area contributed by atoms with Crippen LogP contribution in [0, 0.1) is 0 Å². The van der Waals surface area contributed by atoms with E-state index >= 15 is 0 Å². The fourth-order valence-electron chi connectivity index (χ4n) is 1.04. The number of benzene rings is 1. The Morgan fingerprint density at radius 3 is 2.69 bits per heavy atom. The van der Waals surface area contributed by atoms with Gasteiger partial charge in [0.2, 0.25) is 0 Å². The molecule has 0 aliphatic heterocycles. The Hall–Kier alpha value is -0.800. The molecular formula is C9H5BrClNO. The fraction of sp³-hybridized carbons (Fsp3) is 0. The molecule has 1 aromatic carbocycles. The molecule has 0 bridgehead atoms. The molecule has 13 heavy (non-hydrogen) atoms. The maximum Gasteiger partial charge on any atom is 0.264 e. The number of oxazole rings is 1. The van der Waals surface area contributed by atoms with Crippen LogP contribution >= 0.6 is 27.5 Å². The number of hydrogen-bond acceptors (Lipinski definition) is 2. The van der Waals surface area contributed by atoms with E-state index < -0.39 is 0 Å². The molecule has 0 saturated carbocycles. The van der Waals surface area contributed by atoms with Crippen molar-refractivity contribution in [2.24, 2.45) is 0 Å². The van der Waals surface area contributed by atoms with E-state index in [2.05, 4.69) is 20.9 Å². The summed E-state index contributed by atoms with van der Waals surface area (Å²) < 4.78 is 5.02. The first-order chi connectivity index (χ1) is 6.27. The highest BCUT2D eigenvalue weighted by atomic mass is 79.9. The van der Waals surface area contributed by atoms with Crippen molar-refractivity contribution in [3.63, 3.8) is 0 Å². The van der Waals surface area contributed by atoms with E-state index in [1.807, 2.05) is 24.3 Å². The van der Waals surface area contributed by atoms with Crippen LogP contribution in [-0.2, 0) is 0 Å². The number of aromatic nitrogens is 1. The topological polar surface area (TPSA) is 26.0 Å². The van der Waals surface area contributed by atoms with Crippen LogP contribution in [0.25, 0.3) is 11.3 Å². The highest BCUT2D eigenvalue weighted by Crippen LogP contribution is 2.27. The van der Waals surface area contributed by atoms with Gasteiger partial charge in [-0.15, -0.1) is 0 Å². The Morgan fingerprint density at radius 1 is 1.31 bits per heavy atom. The molecular weight excluding hydrogens is 253 g/mol. The van der Waals surface area contributed by atoms with Crippen LogP contribution in [0.3, 0.4) is 0 Å². The van der Waals surface area contributed by atoms with Gasteiger partial charge in [0.05, 0.1) is 5.02 Å². The Labute approximate surface area is 88.7 Å². The van der Waals surface area contributed by atoms with Crippen LogP contribution in [0.1, 0.15) is 0 Å². The lowest BCUT2D eigenvalue weighted by molar-refractivity contribution is 0.529. The molecule has 0 aliphatic carbocycles. The summed E-state index contributed by atoms with van der Waals surface area (Å²) in [5.41, 5.74) is 1.61. The van der Waals surface area contributed by atoms with Gasteiger partial charge in [-0.2, -0.15) is 0 Å². The van der Waals surface area contributed by atoms with Gasteiger partial charge in [0, 0.05) is 21.5 Å². The molecule has 0 amide bonds. The molecule has 1 heterocycles. The monoisotopic (exact) mass is 257 g/mol. The quantitative estimate of drug-likeness (QED) is 0.778. The first kappa shape index (κ1) is 8.78. The van der Waals surface area contributed by atoms with E-state index in [0.29, 0.717) is 9.82 Å². The van der Waals surface area contributed by atoms with Crippen molar-refractivity contribution in [2.75, 3.05) is 0 Å². The SMILES string of the molecule is Clc1ccccc1-c1coc(Br)n1. The van der Waals surface area contributed by atoms with Crippen molar-refractivity contribution in [1.29, 1.82) is 0 Å². The number of hydrogen-bond donors (Lipinski definition) is 0. The molecule has 2 rings (SSSR count). The Morgan fingerprint density at radius 2 is 2.08 bits per heavy atom. The van der Waals surface area contributed by atoms with Crippen LogP contribution in [0.5, 0.6) is 0 Å². The number of rotatable bonds is 1. The molecule has 0 radical (unpaired) electrons. The second kappa shape index (κ2) is 3.52. The summed E-state index contributed by atoms with van der Waals surface area (Å²) in [6, 6.07) is 7.50. The minimum atomic E-state index is 0.461. The molecule has 2 nitrogen and oxygen atoms in total. The molecule has 0 aliphatic rings. The third-order valence-corrected chi connectivity index (χ3v) is 2.32. The van der Waals surface area contributed by atoms with Gasteiger partial charge in [0.25, 0.3) is 4.80 Å². The zero-order chi connectivity index (χ0) is 9.26. The molecule has 0 unspecified atom stereocenters. The van der Waals surface area contributed by atoms with Crippen LogP contribution in [0.4, 0.5) is 0 Å². The van der Waals surface area contributed by atoms with E-state index in [1.54, 1.807) is 6.26 Å². The van der Waals surface area contributed by atoms with E-state index in [0.717, 1.165) is 11.3 Å². The van der Waals surface area contributed by atoms with Crippen LogP contribution < -0.4 is 0 Å². The molecule has 66 valence electrons. The fourth-order valence-corrected chi connectivity index (χ4v) is 1.56. The van der Waals surface area contributed by atoms with Crippen molar-refractivity contribution in [2.45, 2.75) is 0 Å². The van der Waals surface area contributed by atoms with Gasteiger partial charge >= 0.3 is 0 Å². The minimum absolute atomic E-state index is 0.461. The average molecular weight is 259 g/mol. The first-order valence-corrected chi connectivity index (χ1v) is 4.80. The molecule has 0 N–H and O–H groups in total. The highest BCUT2D eigenvalue weighted by Gasteiger charge is 2.06. The summed E-state index contributed by atoms with van der Waals surface area (Å²) in [6.45, 7) is 0. The molecule has 0 fully saturated rings. The normalized spacial score (nSPS) is 10.3.